The first-order valence-electron chi connectivity index (χ1n) is 9.40. The number of benzene rings is 2. The van der Waals surface area contributed by atoms with Gasteiger partial charge in [-0.2, -0.15) is 10.1 Å². The van der Waals surface area contributed by atoms with Crippen molar-refractivity contribution in [1.82, 2.24) is 9.97 Å². The van der Waals surface area contributed by atoms with Crippen molar-refractivity contribution >= 4 is 34.7 Å². The normalized spacial score (nSPS) is 10.3. The van der Waals surface area contributed by atoms with E-state index in [0.717, 1.165) is 11.8 Å². The lowest BCUT2D eigenvalue weighted by atomic mass is 10.2. The Morgan fingerprint density at radius 3 is 2.71 bits per heavy atom. The maximum atomic E-state index is 14.9. The van der Waals surface area contributed by atoms with Gasteiger partial charge in [0.1, 0.15) is 12.4 Å². The highest BCUT2D eigenvalue weighted by Gasteiger charge is 2.12. The van der Waals surface area contributed by atoms with Crippen molar-refractivity contribution in [2.45, 2.75) is 0 Å². The minimum Gasteiger partial charge on any atom is -0.491 e. The number of amides is 1. The van der Waals surface area contributed by atoms with Crippen LogP contribution in [0.2, 0.25) is 0 Å². The molecule has 3 aromatic rings. The molecule has 1 heterocycles. The number of anilines is 5. The summed E-state index contributed by atoms with van der Waals surface area (Å²) in [6.07, 6.45) is 2.59. The van der Waals surface area contributed by atoms with Crippen LogP contribution in [0.15, 0.2) is 73.4 Å². The van der Waals surface area contributed by atoms with E-state index in [1.807, 2.05) is 0 Å². The lowest BCUT2D eigenvalue weighted by Gasteiger charge is -2.15. The highest BCUT2D eigenvalue weighted by Crippen LogP contribution is 2.27. The first-order valence-corrected chi connectivity index (χ1v) is 9.40. The summed E-state index contributed by atoms with van der Waals surface area (Å²) in [5, 5.41) is 6.02. The van der Waals surface area contributed by atoms with E-state index in [1.165, 1.54) is 18.3 Å². The topological polar surface area (TPSA) is 88.6 Å². The van der Waals surface area contributed by atoms with Crippen LogP contribution >= 0.6 is 0 Å². The second-order valence-electron chi connectivity index (χ2n) is 6.25. The van der Waals surface area contributed by atoms with Gasteiger partial charge in [-0.05, 0) is 48.5 Å². The second-order valence-corrected chi connectivity index (χ2v) is 6.25. The van der Waals surface area contributed by atoms with Crippen molar-refractivity contribution in [3.05, 3.63) is 73.4 Å². The van der Waals surface area contributed by atoms with E-state index in [4.69, 9.17) is 9.47 Å². The third-order valence-electron chi connectivity index (χ3n) is 4.03. The number of halogens is 1. The van der Waals surface area contributed by atoms with E-state index in [0.29, 0.717) is 29.8 Å². The molecule has 3 rings (SSSR count). The molecule has 0 unspecified atom stereocenters. The smallest absolute Gasteiger partial charge is 0.247 e. The molecule has 2 N–H and O–H groups in total. The first kappa shape index (κ1) is 21.7. The van der Waals surface area contributed by atoms with Gasteiger partial charge in [-0.1, -0.05) is 17.1 Å². The zero-order chi connectivity index (χ0) is 22.1. The fraction of sp³-hybridized carbons (Fsp3) is 0.136. The van der Waals surface area contributed by atoms with Crippen molar-refractivity contribution in [1.29, 1.82) is 0 Å². The Bertz CT molecular complexity index is 1030. The van der Waals surface area contributed by atoms with Gasteiger partial charge in [-0.3, -0.25) is 4.79 Å². The van der Waals surface area contributed by atoms with Crippen molar-refractivity contribution in [3.63, 3.8) is 0 Å². The van der Waals surface area contributed by atoms with Gasteiger partial charge in [0, 0.05) is 30.7 Å². The van der Waals surface area contributed by atoms with Crippen LogP contribution in [0.1, 0.15) is 0 Å². The number of carbonyl (C=O) groups is 1. The highest BCUT2D eigenvalue weighted by molar-refractivity contribution is 5.99. The molecule has 0 aliphatic carbocycles. The molecule has 0 aliphatic rings. The van der Waals surface area contributed by atoms with Gasteiger partial charge in [0.25, 0.3) is 0 Å². The van der Waals surface area contributed by atoms with Gasteiger partial charge in [0.15, 0.2) is 5.82 Å². The number of nitrogens with one attached hydrogen (secondary N) is 2. The van der Waals surface area contributed by atoms with Gasteiger partial charge in [0.2, 0.25) is 11.9 Å². The summed E-state index contributed by atoms with van der Waals surface area (Å²) in [5.74, 6) is 0.579. The summed E-state index contributed by atoms with van der Waals surface area (Å²) in [7, 11) is 1.61. The number of hydrogen-bond acceptors (Lipinski definition) is 7. The number of carbonyl (C=O) groups excluding carboxylic acids is 1. The summed E-state index contributed by atoms with van der Waals surface area (Å²) in [6, 6.07) is 14.9. The predicted molar refractivity (Wildman–Crippen MR) is 118 cm³/mol. The Balaban J connectivity index is 1.69. The van der Waals surface area contributed by atoms with Crippen LogP contribution in [0.3, 0.4) is 0 Å². The highest BCUT2D eigenvalue weighted by atomic mass is 19.2. The van der Waals surface area contributed by atoms with Crippen LogP contribution in [-0.4, -0.2) is 36.2 Å². The molecule has 0 atom stereocenters. The molecular formula is C22H22FN5O3. The number of hydrogen-bond donors (Lipinski definition) is 2. The van der Waals surface area contributed by atoms with Gasteiger partial charge < -0.3 is 20.1 Å². The van der Waals surface area contributed by atoms with Crippen LogP contribution in [0.25, 0.3) is 0 Å². The summed E-state index contributed by atoms with van der Waals surface area (Å²) < 4.78 is 25.4. The van der Waals surface area contributed by atoms with E-state index in [2.05, 4.69) is 27.2 Å². The SMILES string of the molecule is C=CC(=O)Nc1cccc(N(F)c2ccnc(Nc3ccc(OCCOC)cc3)n2)c1. The fourth-order valence-electron chi connectivity index (χ4n) is 2.56. The first-order chi connectivity index (χ1) is 15.1. The standard InChI is InChI=1S/C22H22FN5O3/c1-3-21(29)25-17-5-4-6-18(15-17)28(23)20-11-12-24-22(27-20)26-16-7-9-19(10-8-16)31-14-13-30-2/h3-12,15H,1,13-14H2,2H3,(H,25,29)(H,24,26,27). The van der Waals surface area contributed by atoms with E-state index in [9.17, 15) is 9.28 Å². The summed E-state index contributed by atoms with van der Waals surface area (Å²) in [5.41, 5.74) is 1.35. The largest absolute Gasteiger partial charge is 0.491 e. The zero-order valence-electron chi connectivity index (χ0n) is 16.9. The molecule has 1 aromatic heterocycles. The third-order valence-corrected chi connectivity index (χ3v) is 4.03. The molecule has 0 spiro atoms. The zero-order valence-corrected chi connectivity index (χ0v) is 16.9. The monoisotopic (exact) mass is 423 g/mol. The molecule has 0 saturated carbocycles. The molecule has 31 heavy (non-hydrogen) atoms. The van der Waals surface area contributed by atoms with Crippen molar-refractivity contribution in [3.8, 4) is 5.75 Å². The average molecular weight is 423 g/mol. The van der Waals surface area contributed by atoms with E-state index >= 15 is 0 Å². The number of methoxy groups -OCH3 is 1. The van der Waals surface area contributed by atoms with Gasteiger partial charge in [-0.15, -0.1) is 0 Å². The number of aromatic nitrogens is 2. The van der Waals surface area contributed by atoms with Crippen LogP contribution in [0.4, 0.5) is 33.3 Å². The van der Waals surface area contributed by atoms with Crippen LogP contribution in [0.5, 0.6) is 5.75 Å². The van der Waals surface area contributed by atoms with E-state index < -0.39 is 0 Å². The van der Waals surface area contributed by atoms with Crippen LogP contribution in [0, 0.1) is 0 Å². The number of ether oxygens (including phenoxy) is 2. The predicted octanol–water partition coefficient (Wildman–Crippen LogP) is 4.39. The van der Waals surface area contributed by atoms with Gasteiger partial charge in [0.05, 0.1) is 12.3 Å². The van der Waals surface area contributed by atoms with Crippen molar-refractivity contribution in [2.75, 3.05) is 36.1 Å². The van der Waals surface area contributed by atoms with Gasteiger partial charge >= 0.3 is 0 Å². The Labute approximate surface area is 179 Å². The minimum absolute atomic E-state index is 0.0317. The number of nitrogens with zero attached hydrogens (tertiary/aromatic N) is 3. The molecule has 0 fully saturated rings. The summed E-state index contributed by atoms with van der Waals surface area (Å²) in [6.45, 7) is 4.36. The maximum absolute atomic E-state index is 14.9. The van der Waals surface area contributed by atoms with Crippen molar-refractivity contribution < 1.29 is 18.7 Å². The quantitative estimate of drug-likeness (QED) is 0.284. The molecule has 2 aromatic carbocycles. The Hall–Kier alpha value is -3.98. The summed E-state index contributed by atoms with van der Waals surface area (Å²) >= 11 is 0. The Morgan fingerprint density at radius 1 is 1.16 bits per heavy atom. The maximum Gasteiger partial charge on any atom is 0.247 e. The molecule has 8 nitrogen and oxygen atoms in total. The molecule has 9 heteroatoms. The fourth-order valence-corrected chi connectivity index (χ4v) is 2.56. The van der Waals surface area contributed by atoms with Crippen LogP contribution < -0.4 is 20.5 Å². The van der Waals surface area contributed by atoms with E-state index in [-0.39, 0.29) is 23.4 Å². The molecular weight excluding hydrogens is 401 g/mol. The second kappa shape index (κ2) is 10.7. The Morgan fingerprint density at radius 2 is 1.97 bits per heavy atom. The molecule has 0 saturated heterocycles. The molecule has 1 amide bonds. The lowest BCUT2D eigenvalue weighted by molar-refractivity contribution is -0.111. The molecule has 0 aliphatic heterocycles. The number of rotatable bonds is 10. The average Bonchev–Trinajstić information content (AvgIpc) is 2.80. The van der Waals surface area contributed by atoms with Crippen LogP contribution in [-0.2, 0) is 9.53 Å². The summed E-state index contributed by atoms with van der Waals surface area (Å²) in [4.78, 5) is 19.8. The lowest BCUT2D eigenvalue weighted by Crippen LogP contribution is -2.10. The third kappa shape index (κ3) is 6.25. The molecule has 0 bridgehead atoms. The Kier molecular flexibility index (Phi) is 7.50. The van der Waals surface area contributed by atoms with Crippen molar-refractivity contribution in [2.24, 2.45) is 0 Å². The molecule has 160 valence electrons. The van der Waals surface area contributed by atoms with E-state index in [1.54, 1.807) is 49.6 Å². The van der Waals surface area contributed by atoms with Gasteiger partial charge in [-0.25, -0.2) is 4.98 Å². The minimum atomic E-state index is -0.383. The molecule has 0 radical (unpaired) electrons.